The molecule has 1 aromatic rings. The van der Waals surface area contributed by atoms with Crippen molar-refractivity contribution in [2.24, 2.45) is 0 Å². The zero-order valence-corrected chi connectivity index (χ0v) is 16.5. The van der Waals surface area contributed by atoms with Crippen LogP contribution < -0.4 is 5.32 Å². The maximum absolute atomic E-state index is 12.6. The number of hydrogen-bond donors (Lipinski definition) is 1. The molecule has 1 amide bonds. The minimum absolute atomic E-state index is 0.0715. The van der Waals surface area contributed by atoms with E-state index in [1.807, 2.05) is 18.2 Å². The molecule has 5 nitrogen and oxygen atoms in total. The summed E-state index contributed by atoms with van der Waals surface area (Å²) in [6.07, 6.45) is 2.59. The van der Waals surface area contributed by atoms with Crippen molar-refractivity contribution in [2.45, 2.75) is 44.9 Å². The molecule has 3 rings (SSSR count). The van der Waals surface area contributed by atoms with Crippen LogP contribution in [-0.2, 0) is 9.53 Å². The number of nitrogens with zero attached hydrogens (tertiary/aromatic N) is 2. The van der Waals surface area contributed by atoms with Gasteiger partial charge in [-0.2, -0.15) is 0 Å². The predicted molar refractivity (Wildman–Crippen MR) is 104 cm³/mol. The third-order valence-electron chi connectivity index (χ3n) is 5.42. The second-order valence-electron chi connectivity index (χ2n) is 7.51. The lowest BCUT2D eigenvalue weighted by molar-refractivity contribution is -0.126. The van der Waals surface area contributed by atoms with Crippen molar-refractivity contribution in [2.75, 3.05) is 39.3 Å². The number of ether oxygens (including phenoxy) is 1. The highest BCUT2D eigenvalue weighted by Crippen LogP contribution is 2.29. The summed E-state index contributed by atoms with van der Waals surface area (Å²) in [6, 6.07) is 8.38. The Morgan fingerprint density at radius 1 is 1.31 bits per heavy atom. The van der Waals surface area contributed by atoms with Gasteiger partial charge < -0.3 is 10.1 Å². The summed E-state index contributed by atoms with van der Waals surface area (Å²) in [5.41, 5.74) is 1.10. The predicted octanol–water partition coefficient (Wildman–Crippen LogP) is 2.70. The van der Waals surface area contributed by atoms with Gasteiger partial charge in [-0.25, -0.2) is 0 Å². The molecule has 0 aliphatic carbocycles. The largest absolute Gasteiger partial charge is 0.376 e. The third-order valence-corrected chi connectivity index (χ3v) is 5.77. The van der Waals surface area contributed by atoms with Crippen LogP contribution in [0.2, 0.25) is 5.02 Å². The maximum Gasteiger partial charge on any atom is 0.234 e. The Labute approximate surface area is 161 Å². The third kappa shape index (κ3) is 4.97. The van der Waals surface area contributed by atoms with Crippen LogP contribution in [0, 0.1) is 0 Å². The van der Waals surface area contributed by atoms with Gasteiger partial charge in [0, 0.05) is 24.2 Å². The SMILES string of the molecule is CC1CN(CC(=O)NCC(c2ccccc2Cl)N2CCCC2)C(C)CO1. The second kappa shape index (κ2) is 9.18. The minimum Gasteiger partial charge on any atom is -0.376 e. The fraction of sp³-hybridized carbons (Fsp3) is 0.650. The molecule has 0 aromatic heterocycles. The van der Waals surface area contributed by atoms with Crippen LogP contribution in [0.5, 0.6) is 0 Å². The standard InChI is InChI=1S/C20H30ClN3O2/c1-15-14-26-16(2)12-24(15)13-20(25)22-11-19(23-9-5-6-10-23)17-7-3-4-8-18(17)21/h3-4,7-8,15-16,19H,5-6,9-14H2,1-2H3,(H,22,25). The zero-order chi connectivity index (χ0) is 18.5. The Bertz CT molecular complexity index is 606. The highest BCUT2D eigenvalue weighted by Gasteiger charge is 2.27. The normalized spacial score (nSPS) is 26.0. The van der Waals surface area contributed by atoms with Crippen molar-refractivity contribution in [3.63, 3.8) is 0 Å². The quantitative estimate of drug-likeness (QED) is 0.825. The molecule has 2 heterocycles. The van der Waals surface area contributed by atoms with Gasteiger partial charge in [-0.15, -0.1) is 0 Å². The van der Waals surface area contributed by atoms with Gasteiger partial charge in [0.25, 0.3) is 0 Å². The summed E-state index contributed by atoms with van der Waals surface area (Å²) in [7, 11) is 0. The smallest absolute Gasteiger partial charge is 0.234 e. The molecular weight excluding hydrogens is 350 g/mol. The highest BCUT2D eigenvalue weighted by molar-refractivity contribution is 6.31. The molecular formula is C20H30ClN3O2. The van der Waals surface area contributed by atoms with Crippen LogP contribution >= 0.6 is 11.6 Å². The average molecular weight is 380 g/mol. The summed E-state index contributed by atoms with van der Waals surface area (Å²) in [6.45, 7) is 8.78. The fourth-order valence-electron chi connectivity index (χ4n) is 3.88. The van der Waals surface area contributed by atoms with E-state index in [0.717, 1.165) is 30.2 Å². The van der Waals surface area contributed by atoms with Crippen molar-refractivity contribution in [3.8, 4) is 0 Å². The van der Waals surface area contributed by atoms with Gasteiger partial charge >= 0.3 is 0 Å². The minimum atomic E-state index is 0.0715. The van der Waals surface area contributed by atoms with Crippen LogP contribution in [0.15, 0.2) is 24.3 Å². The van der Waals surface area contributed by atoms with Gasteiger partial charge in [0.1, 0.15) is 0 Å². The Morgan fingerprint density at radius 3 is 2.77 bits per heavy atom. The number of nitrogens with one attached hydrogen (secondary N) is 1. The first kappa shape index (κ1) is 19.6. The lowest BCUT2D eigenvalue weighted by Crippen LogP contribution is -2.51. The van der Waals surface area contributed by atoms with Crippen LogP contribution in [0.25, 0.3) is 0 Å². The van der Waals surface area contributed by atoms with Crippen molar-refractivity contribution >= 4 is 17.5 Å². The van der Waals surface area contributed by atoms with Gasteiger partial charge in [-0.05, 0) is 51.4 Å². The molecule has 2 aliphatic heterocycles. The van der Waals surface area contributed by atoms with E-state index in [4.69, 9.17) is 16.3 Å². The van der Waals surface area contributed by atoms with Crippen LogP contribution in [0.4, 0.5) is 0 Å². The fourth-order valence-corrected chi connectivity index (χ4v) is 4.14. The van der Waals surface area contributed by atoms with Gasteiger partial charge in [0.2, 0.25) is 5.91 Å². The van der Waals surface area contributed by atoms with E-state index < -0.39 is 0 Å². The summed E-state index contributed by atoms with van der Waals surface area (Å²) in [5, 5.41) is 3.92. The molecule has 1 aromatic carbocycles. The van der Waals surface area contributed by atoms with E-state index in [1.54, 1.807) is 0 Å². The Hall–Kier alpha value is -1.14. The number of halogens is 1. The van der Waals surface area contributed by atoms with Gasteiger partial charge in [0.05, 0.1) is 25.3 Å². The molecule has 6 heteroatoms. The molecule has 3 atom stereocenters. The second-order valence-corrected chi connectivity index (χ2v) is 7.91. The molecule has 2 aliphatic rings. The number of carbonyl (C=O) groups is 1. The molecule has 26 heavy (non-hydrogen) atoms. The summed E-state index contributed by atoms with van der Waals surface area (Å²) < 4.78 is 5.64. The lowest BCUT2D eigenvalue weighted by atomic mass is 10.1. The van der Waals surface area contributed by atoms with Crippen LogP contribution in [0.1, 0.15) is 38.3 Å². The van der Waals surface area contributed by atoms with E-state index in [9.17, 15) is 4.79 Å². The Kier molecular flexibility index (Phi) is 6.92. The maximum atomic E-state index is 12.6. The van der Waals surface area contributed by atoms with Crippen molar-refractivity contribution < 1.29 is 9.53 Å². The van der Waals surface area contributed by atoms with E-state index >= 15 is 0 Å². The van der Waals surface area contributed by atoms with Crippen LogP contribution in [0.3, 0.4) is 0 Å². The molecule has 0 bridgehead atoms. The monoisotopic (exact) mass is 379 g/mol. The number of benzene rings is 1. The average Bonchev–Trinajstić information content (AvgIpc) is 3.14. The first-order valence-corrected chi connectivity index (χ1v) is 10.0. The summed E-state index contributed by atoms with van der Waals surface area (Å²) in [4.78, 5) is 17.2. The first-order chi connectivity index (χ1) is 12.5. The van der Waals surface area contributed by atoms with Crippen molar-refractivity contribution in [3.05, 3.63) is 34.9 Å². The molecule has 2 fully saturated rings. The molecule has 1 N–H and O–H groups in total. The molecule has 0 saturated carbocycles. The summed E-state index contributed by atoms with van der Waals surface area (Å²) in [5.74, 6) is 0.0715. The molecule has 2 saturated heterocycles. The van der Waals surface area contributed by atoms with Gasteiger partial charge in [0.15, 0.2) is 0 Å². The molecule has 144 valence electrons. The Morgan fingerprint density at radius 2 is 2.04 bits per heavy atom. The molecule has 0 spiro atoms. The van der Waals surface area contributed by atoms with Gasteiger partial charge in [-0.3, -0.25) is 14.6 Å². The number of morpholine rings is 1. The highest BCUT2D eigenvalue weighted by atomic mass is 35.5. The summed E-state index contributed by atoms with van der Waals surface area (Å²) >= 11 is 6.44. The first-order valence-electron chi connectivity index (χ1n) is 9.65. The van der Waals surface area contributed by atoms with E-state index in [2.05, 4.69) is 35.0 Å². The lowest BCUT2D eigenvalue weighted by Gasteiger charge is -2.36. The number of hydrogen-bond acceptors (Lipinski definition) is 4. The van der Waals surface area contributed by atoms with E-state index in [1.165, 1.54) is 12.8 Å². The van der Waals surface area contributed by atoms with Gasteiger partial charge in [-0.1, -0.05) is 29.8 Å². The zero-order valence-electron chi connectivity index (χ0n) is 15.8. The van der Waals surface area contributed by atoms with E-state index in [0.29, 0.717) is 19.7 Å². The van der Waals surface area contributed by atoms with E-state index in [-0.39, 0.29) is 24.1 Å². The molecule has 0 radical (unpaired) electrons. The number of carbonyl (C=O) groups excluding carboxylic acids is 1. The Balaban J connectivity index is 1.60. The molecule has 3 unspecified atom stereocenters. The van der Waals surface area contributed by atoms with Crippen LogP contribution in [-0.4, -0.2) is 67.2 Å². The van der Waals surface area contributed by atoms with Crippen molar-refractivity contribution in [1.29, 1.82) is 0 Å². The number of amides is 1. The topological polar surface area (TPSA) is 44.8 Å². The number of rotatable bonds is 6. The number of likely N-dealkylation sites (tertiary alicyclic amines) is 1. The van der Waals surface area contributed by atoms with Crippen molar-refractivity contribution in [1.82, 2.24) is 15.1 Å².